The molecule has 0 saturated heterocycles. The maximum Gasteiger partial charge on any atom is 0.0628 e. The Morgan fingerprint density at radius 2 is 1.95 bits per heavy atom. The molecule has 0 fully saturated rings. The van der Waals surface area contributed by atoms with Crippen molar-refractivity contribution < 1.29 is 0 Å². The van der Waals surface area contributed by atoms with Gasteiger partial charge in [0.15, 0.2) is 0 Å². The maximum atomic E-state index is 4.51. The first kappa shape index (κ1) is 16.2. The summed E-state index contributed by atoms with van der Waals surface area (Å²) in [7, 11) is 2.04. The Kier molecular flexibility index (Phi) is 6.56. The second-order valence-corrected chi connectivity index (χ2v) is 5.76. The highest BCUT2D eigenvalue weighted by atomic mass is 15.3. The summed E-state index contributed by atoms with van der Waals surface area (Å²) in [5.41, 5.74) is 3.95. The van der Waals surface area contributed by atoms with Gasteiger partial charge in [0.25, 0.3) is 0 Å². The van der Waals surface area contributed by atoms with Gasteiger partial charge in [-0.15, -0.1) is 0 Å². The van der Waals surface area contributed by atoms with Crippen molar-refractivity contribution in [2.24, 2.45) is 13.0 Å². The predicted octanol–water partition coefficient (Wildman–Crippen LogP) is 3.38. The molecule has 1 rings (SSSR count). The first-order chi connectivity index (χ1) is 9.01. The Balaban J connectivity index is 2.64. The van der Waals surface area contributed by atoms with Gasteiger partial charge in [0, 0.05) is 18.8 Å². The van der Waals surface area contributed by atoms with Crippen molar-refractivity contribution in [3.63, 3.8) is 0 Å². The number of aromatic nitrogens is 2. The summed E-state index contributed by atoms with van der Waals surface area (Å²) < 4.78 is 2.00. The molecule has 1 aromatic rings. The van der Waals surface area contributed by atoms with Crippen LogP contribution in [-0.2, 0) is 13.5 Å². The number of aryl methyl sites for hydroxylation is 2. The van der Waals surface area contributed by atoms with E-state index < -0.39 is 0 Å². The van der Waals surface area contributed by atoms with Crippen LogP contribution in [0.3, 0.4) is 0 Å². The average molecular weight is 265 g/mol. The molecular formula is C16H31N3. The molecule has 110 valence electrons. The van der Waals surface area contributed by atoms with E-state index >= 15 is 0 Å². The minimum absolute atomic E-state index is 0.629. The van der Waals surface area contributed by atoms with Crippen LogP contribution in [-0.4, -0.2) is 22.4 Å². The lowest BCUT2D eigenvalue weighted by molar-refractivity contribution is 0.348. The van der Waals surface area contributed by atoms with E-state index in [2.05, 4.69) is 45.0 Å². The van der Waals surface area contributed by atoms with Crippen LogP contribution in [0.25, 0.3) is 0 Å². The second-order valence-electron chi connectivity index (χ2n) is 5.76. The van der Waals surface area contributed by atoms with Gasteiger partial charge in [-0.1, -0.05) is 27.2 Å². The molecule has 0 bridgehead atoms. The van der Waals surface area contributed by atoms with Gasteiger partial charge in [-0.2, -0.15) is 5.10 Å². The zero-order chi connectivity index (χ0) is 14.4. The third kappa shape index (κ3) is 4.34. The molecule has 0 spiro atoms. The molecule has 1 N–H and O–H groups in total. The number of rotatable bonds is 8. The van der Waals surface area contributed by atoms with Crippen LogP contribution in [0.15, 0.2) is 0 Å². The van der Waals surface area contributed by atoms with Gasteiger partial charge in [-0.3, -0.25) is 4.68 Å². The smallest absolute Gasteiger partial charge is 0.0628 e. The standard InChI is InChI=1S/C16H31N3/c1-7-11-17-16(12(3)8-2)10-9-15-13(4)18-19(6)14(15)5/h12,16-17H,7-11H2,1-6H3. The van der Waals surface area contributed by atoms with Crippen molar-refractivity contribution in [1.82, 2.24) is 15.1 Å². The van der Waals surface area contributed by atoms with Crippen LogP contribution in [0.1, 0.15) is 57.0 Å². The molecule has 1 heterocycles. The first-order valence-corrected chi connectivity index (χ1v) is 7.73. The van der Waals surface area contributed by atoms with E-state index in [1.807, 2.05) is 11.7 Å². The van der Waals surface area contributed by atoms with Crippen LogP contribution >= 0.6 is 0 Å². The van der Waals surface area contributed by atoms with E-state index in [1.165, 1.54) is 36.2 Å². The molecule has 2 atom stereocenters. The van der Waals surface area contributed by atoms with Crippen LogP contribution in [0.5, 0.6) is 0 Å². The molecule has 0 saturated carbocycles. The highest BCUT2D eigenvalue weighted by Crippen LogP contribution is 2.18. The number of nitrogens with zero attached hydrogens (tertiary/aromatic N) is 2. The van der Waals surface area contributed by atoms with Gasteiger partial charge in [-0.05, 0) is 51.1 Å². The van der Waals surface area contributed by atoms with Gasteiger partial charge in [-0.25, -0.2) is 0 Å². The van der Waals surface area contributed by atoms with Crippen molar-refractivity contribution in [3.8, 4) is 0 Å². The summed E-state index contributed by atoms with van der Waals surface area (Å²) >= 11 is 0. The molecular weight excluding hydrogens is 234 g/mol. The Labute approximate surface area is 118 Å². The number of hydrogen-bond acceptors (Lipinski definition) is 2. The van der Waals surface area contributed by atoms with E-state index in [-0.39, 0.29) is 0 Å². The number of nitrogens with one attached hydrogen (secondary N) is 1. The molecule has 19 heavy (non-hydrogen) atoms. The molecule has 0 aliphatic heterocycles. The third-order valence-corrected chi connectivity index (χ3v) is 4.35. The minimum Gasteiger partial charge on any atom is -0.314 e. The van der Waals surface area contributed by atoms with Crippen molar-refractivity contribution in [3.05, 3.63) is 17.0 Å². The summed E-state index contributed by atoms with van der Waals surface area (Å²) in [6, 6.07) is 0.629. The summed E-state index contributed by atoms with van der Waals surface area (Å²) in [6.07, 6.45) is 4.80. The van der Waals surface area contributed by atoms with Crippen LogP contribution < -0.4 is 5.32 Å². The Hall–Kier alpha value is -0.830. The van der Waals surface area contributed by atoms with E-state index in [0.717, 1.165) is 18.9 Å². The normalized spacial score (nSPS) is 14.6. The summed E-state index contributed by atoms with van der Waals surface area (Å²) in [5.74, 6) is 0.740. The lowest BCUT2D eigenvalue weighted by Crippen LogP contribution is -2.35. The minimum atomic E-state index is 0.629. The molecule has 0 radical (unpaired) electrons. The molecule has 3 nitrogen and oxygen atoms in total. The summed E-state index contributed by atoms with van der Waals surface area (Å²) in [6.45, 7) is 12.3. The van der Waals surface area contributed by atoms with Gasteiger partial charge in [0.1, 0.15) is 0 Å². The quantitative estimate of drug-likeness (QED) is 0.781. The van der Waals surface area contributed by atoms with Gasteiger partial charge < -0.3 is 5.32 Å². The highest BCUT2D eigenvalue weighted by molar-refractivity contribution is 5.24. The first-order valence-electron chi connectivity index (χ1n) is 7.73. The Bertz CT molecular complexity index is 382. The molecule has 0 aliphatic rings. The van der Waals surface area contributed by atoms with Gasteiger partial charge >= 0.3 is 0 Å². The monoisotopic (exact) mass is 265 g/mol. The fourth-order valence-electron chi connectivity index (χ4n) is 2.68. The molecule has 0 aliphatic carbocycles. The van der Waals surface area contributed by atoms with E-state index in [0.29, 0.717) is 6.04 Å². The third-order valence-electron chi connectivity index (χ3n) is 4.35. The molecule has 0 amide bonds. The van der Waals surface area contributed by atoms with Crippen molar-refractivity contribution in [1.29, 1.82) is 0 Å². The highest BCUT2D eigenvalue weighted by Gasteiger charge is 2.17. The Morgan fingerprint density at radius 1 is 1.26 bits per heavy atom. The predicted molar refractivity (Wildman–Crippen MR) is 82.5 cm³/mol. The maximum absolute atomic E-state index is 4.51. The average Bonchev–Trinajstić information content (AvgIpc) is 2.63. The zero-order valence-electron chi connectivity index (χ0n) is 13.6. The lowest BCUT2D eigenvalue weighted by atomic mass is 9.92. The lowest BCUT2D eigenvalue weighted by Gasteiger charge is -2.24. The number of hydrogen-bond donors (Lipinski definition) is 1. The molecule has 0 aromatic carbocycles. The van der Waals surface area contributed by atoms with Gasteiger partial charge in [0.05, 0.1) is 5.69 Å². The second kappa shape index (κ2) is 7.68. The fourth-order valence-corrected chi connectivity index (χ4v) is 2.68. The molecule has 2 unspecified atom stereocenters. The molecule has 1 aromatic heterocycles. The van der Waals surface area contributed by atoms with Crippen LogP contribution in [0.2, 0.25) is 0 Å². The Morgan fingerprint density at radius 3 is 2.42 bits per heavy atom. The topological polar surface area (TPSA) is 29.9 Å². The van der Waals surface area contributed by atoms with Crippen LogP contribution in [0.4, 0.5) is 0 Å². The van der Waals surface area contributed by atoms with E-state index in [9.17, 15) is 0 Å². The van der Waals surface area contributed by atoms with Gasteiger partial charge in [0.2, 0.25) is 0 Å². The summed E-state index contributed by atoms with van der Waals surface area (Å²) in [4.78, 5) is 0. The zero-order valence-corrected chi connectivity index (χ0v) is 13.6. The van der Waals surface area contributed by atoms with E-state index in [1.54, 1.807) is 0 Å². The van der Waals surface area contributed by atoms with Crippen molar-refractivity contribution >= 4 is 0 Å². The summed E-state index contributed by atoms with van der Waals surface area (Å²) in [5, 5.41) is 8.22. The largest absolute Gasteiger partial charge is 0.314 e. The van der Waals surface area contributed by atoms with Crippen molar-refractivity contribution in [2.45, 2.75) is 66.3 Å². The van der Waals surface area contributed by atoms with E-state index in [4.69, 9.17) is 0 Å². The molecule has 3 heteroatoms. The SMILES string of the molecule is CCCNC(CCc1c(C)nn(C)c1C)C(C)CC. The fraction of sp³-hybridized carbons (Fsp3) is 0.812. The van der Waals surface area contributed by atoms with Crippen LogP contribution in [0, 0.1) is 19.8 Å². The van der Waals surface area contributed by atoms with Crippen molar-refractivity contribution in [2.75, 3.05) is 6.54 Å².